The monoisotopic (exact) mass is 369 g/mol. The van der Waals surface area contributed by atoms with Gasteiger partial charge in [0.25, 0.3) is 0 Å². The number of benzene rings is 1. The zero-order valence-corrected chi connectivity index (χ0v) is 14.1. The minimum absolute atomic E-state index is 0.419. The van der Waals surface area contributed by atoms with Crippen LogP contribution in [0.3, 0.4) is 0 Å². The van der Waals surface area contributed by atoms with E-state index in [1.807, 2.05) is 19.1 Å². The van der Waals surface area contributed by atoms with Crippen molar-refractivity contribution < 1.29 is 0 Å². The third kappa shape index (κ3) is 2.75. The first-order chi connectivity index (χ1) is 9.67. The van der Waals surface area contributed by atoms with Gasteiger partial charge in [0.15, 0.2) is 0 Å². The third-order valence-electron chi connectivity index (χ3n) is 3.17. The predicted molar refractivity (Wildman–Crippen MR) is 87.5 cm³/mol. The van der Waals surface area contributed by atoms with Gasteiger partial charge in [-0.25, -0.2) is 9.97 Å². The topological polar surface area (TPSA) is 30.7 Å². The Morgan fingerprint density at radius 2 is 2.20 bits per heavy atom. The highest BCUT2D eigenvalue weighted by atomic mass is 79.9. The number of thiazole rings is 1. The van der Waals surface area contributed by atoms with Gasteiger partial charge in [-0.1, -0.05) is 15.9 Å². The van der Waals surface area contributed by atoms with Crippen molar-refractivity contribution in [3.63, 3.8) is 0 Å². The molecule has 0 fully saturated rings. The first-order valence-corrected chi connectivity index (χ1v) is 8.49. The molecule has 3 aromatic rings. The number of nitrogens with zero attached hydrogens (tertiary/aromatic N) is 3. The fourth-order valence-electron chi connectivity index (χ4n) is 2.25. The van der Waals surface area contributed by atoms with Crippen molar-refractivity contribution in [2.75, 3.05) is 0 Å². The van der Waals surface area contributed by atoms with E-state index in [4.69, 9.17) is 11.6 Å². The van der Waals surface area contributed by atoms with E-state index >= 15 is 0 Å². The van der Waals surface area contributed by atoms with Gasteiger partial charge in [-0.05, 0) is 25.1 Å². The van der Waals surface area contributed by atoms with Gasteiger partial charge < -0.3 is 4.57 Å². The highest BCUT2D eigenvalue weighted by Crippen LogP contribution is 2.22. The van der Waals surface area contributed by atoms with Crippen LogP contribution in [0.15, 0.2) is 28.1 Å². The van der Waals surface area contributed by atoms with E-state index < -0.39 is 0 Å². The van der Waals surface area contributed by atoms with Crippen molar-refractivity contribution in [3.8, 4) is 0 Å². The molecule has 3 rings (SSSR count). The number of imidazole rings is 1. The summed E-state index contributed by atoms with van der Waals surface area (Å²) in [4.78, 5) is 9.10. The Kier molecular flexibility index (Phi) is 4.10. The summed E-state index contributed by atoms with van der Waals surface area (Å²) < 4.78 is 3.22. The van der Waals surface area contributed by atoms with Crippen LogP contribution in [0.25, 0.3) is 11.0 Å². The lowest BCUT2D eigenvalue weighted by molar-refractivity contribution is 0.680. The van der Waals surface area contributed by atoms with Crippen LogP contribution in [-0.2, 0) is 18.8 Å². The summed E-state index contributed by atoms with van der Waals surface area (Å²) in [7, 11) is 0. The molecular weight excluding hydrogens is 358 g/mol. The Morgan fingerprint density at radius 1 is 1.35 bits per heavy atom. The lowest BCUT2D eigenvalue weighted by Gasteiger charge is -2.06. The summed E-state index contributed by atoms with van der Waals surface area (Å²) in [5.41, 5.74) is 3.23. The minimum atomic E-state index is 0.419. The van der Waals surface area contributed by atoms with Crippen molar-refractivity contribution in [1.82, 2.24) is 14.5 Å². The molecule has 0 bridgehead atoms. The molecular formula is C14H13BrClN3S. The summed E-state index contributed by atoms with van der Waals surface area (Å²) >= 11 is 11.2. The molecule has 0 aliphatic heterocycles. The predicted octanol–water partition coefficient (Wildman–Crippen LogP) is 4.55. The average Bonchev–Trinajstić information content (AvgIpc) is 2.99. The molecule has 2 heterocycles. The van der Waals surface area contributed by atoms with Crippen LogP contribution in [-0.4, -0.2) is 14.5 Å². The molecule has 6 heteroatoms. The van der Waals surface area contributed by atoms with Crippen LogP contribution >= 0.6 is 38.9 Å². The molecule has 0 aliphatic rings. The summed E-state index contributed by atoms with van der Waals surface area (Å²) in [5, 5.41) is 3.22. The van der Waals surface area contributed by atoms with E-state index in [2.05, 4.69) is 41.9 Å². The molecule has 0 amide bonds. The van der Waals surface area contributed by atoms with Crippen molar-refractivity contribution in [2.45, 2.75) is 25.8 Å². The molecule has 1 aromatic carbocycles. The highest BCUT2D eigenvalue weighted by molar-refractivity contribution is 9.10. The quantitative estimate of drug-likeness (QED) is 0.631. The largest absolute Gasteiger partial charge is 0.327 e. The highest BCUT2D eigenvalue weighted by Gasteiger charge is 2.10. The van der Waals surface area contributed by atoms with Crippen molar-refractivity contribution >= 4 is 49.9 Å². The summed E-state index contributed by atoms with van der Waals surface area (Å²) in [6, 6.07) is 6.13. The van der Waals surface area contributed by atoms with E-state index in [9.17, 15) is 0 Å². The van der Waals surface area contributed by atoms with Gasteiger partial charge in [0.2, 0.25) is 0 Å². The van der Waals surface area contributed by atoms with Crippen LogP contribution < -0.4 is 0 Å². The van der Waals surface area contributed by atoms with E-state index in [-0.39, 0.29) is 0 Å². The number of rotatable bonds is 4. The summed E-state index contributed by atoms with van der Waals surface area (Å²) in [6.45, 7) is 2.88. The molecule has 0 aliphatic carbocycles. The number of halogens is 2. The van der Waals surface area contributed by atoms with E-state index in [0.29, 0.717) is 5.88 Å². The zero-order chi connectivity index (χ0) is 14.1. The van der Waals surface area contributed by atoms with Gasteiger partial charge in [0.1, 0.15) is 5.82 Å². The van der Waals surface area contributed by atoms with Gasteiger partial charge >= 0.3 is 0 Å². The first kappa shape index (κ1) is 14.0. The Morgan fingerprint density at radius 3 is 2.90 bits per heavy atom. The van der Waals surface area contributed by atoms with Crippen molar-refractivity contribution in [1.29, 1.82) is 0 Å². The van der Waals surface area contributed by atoms with Crippen LogP contribution in [0.5, 0.6) is 0 Å². The fourth-order valence-corrected chi connectivity index (χ4v) is 3.45. The van der Waals surface area contributed by atoms with E-state index in [1.165, 1.54) is 0 Å². The molecule has 104 valence electrons. The molecule has 0 N–H and O–H groups in total. The lowest BCUT2D eigenvalue weighted by atomic mass is 10.3. The van der Waals surface area contributed by atoms with Crippen LogP contribution in [0, 0.1) is 6.92 Å². The Labute approximate surface area is 134 Å². The number of aromatic nitrogens is 3. The second-order valence-corrected chi connectivity index (χ2v) is 6.80. The maximum atomic E-state index is 6.02. The Balaban J connectivity index is 1.93. The molecule has 2 aromatic heterocycles. The number of fused-ring (bicyclic) bond motifs is 1. The molecule has 0 saturated carbocycles. The average molecular weight is 371 g/mol. The number of aryl methyl sites for hydroxylation is 3. The summed E-state index contributed by atoms with van der Waals surface area (Å²) in [6.07, 6.45) is 0.899. The maximum Gasteiger partial charge on any atom is 0.124 e. The fraction of sp³-hybridized carbons (Fsp3) is 0.286. The molecule has 0 unspecified atom stereocenters. The normalized spacial score (nSPS) is 11.3. The SMILES string of the molecule is Cc1nc(CCn2c(CCl)nc3cc(Br)ccc32)cs1. The van der Waals surface area contributed by atoms with Gasteiger partial charge in [-0.2, -0.15) is 0 Å². The lowest BCUT2D eigenvalue weighted by Crippen LogP contribution is -2.05. The molecule has 3 nitrogen and oxygen atoms in total. The molecule has 0 saturated heterocycles. The second-order valence-electron chi connectivity index (χ2n) is 4.55. The zero-order valence-electron chi connectivity index (χ0n) is 10.9. The van der Waals surface area contributed by atoms with Crippen LogP contribution in [0.1, 0.15) is 16.5 Å². The molecule has 20 heavy (non-hydrogen) atoms. The molecule has 0 atom stereocenters. The first-order valence-electron chi connectivity index (χ1n) is 6.29. The number of alkyl halides is 1. The van der Waals surface area contributed by atoms with E-state index in [0.717, 1.165) is 45.0 Å². The van der Waals surface area contributed by atoms with Gasteiger partial charge in [-0.15, -0.1) is 22.9 Å². The standard InChI is InChI=1S/C14H13BrClN3S/c1-9-17-11(8-20-9)4-5-19-13-3-2-10(15)6-12(13)18-14(19)7-16/h2-3,6,8H,4-5,7H2,1H3. The van der Waals surface area contributed by atoms with Crippen LogP contribution in [0.2, 0.25) is 0 Å². The molecule has 0 radical (unpaired) electrons. The number of hydrogen-bond donors (Lipinski definition) is 0. The number of hydrogen-bond acceptors (Lipinski definition) is 3. The van der Waals surface area contributed by atoms with Crippen LogP contribution in [0.4, 0.5) is 0 Å². The van der Waals surface area contributed by atoms with Gasteiger partial charge in [-0.3, -0.25) is 0 Å². The Bertz CT molecular complexity index is 750. The second kappa shape index (κ2) is 5.84. The maximum absolute atomic E-state index is 6.02. The minimum Gasteiger partial charge on any atom is -0.327 e. The van der Waals surface area contributed by atoms with Gasteiger partial charge in [0.05, 0.1) is 27.6 Å². The molecule has 0 spiro atoms. The van der Waals surface area contributed by atoms with Crippen molar-refractivity contribution in [2.24, 2.45) is 0 Å². The Hall–Kier alpha value is -0.910. The summed E-state index contributed by atoms with van der Waals surface area (Å²) in [5.74, 6) is 1.33. The third-order valence-corrected chi connectivity index (χ3v) is 4.72. The smallest absolute Gasteiger partial charge is 0.124 e. The van der Waals surface area contributed by atoms with Gasteiger partial charge in [0, 0.05) is 22.8 Å². The van der Waals surface area contributed by atoms with Crippen molar-refractivity contribution in [3.05, 3.63) is 44.6 Å². The van der Waals surface area contributed by atoms with E-state index in [1.54, 1.807) is 11.3 Å².